The maximum Gasteiger partial charge on any atom is 0.238 e. The summed E-state index contributed by atoms with van der Waals surface area (Å²) in [6.07, 6.45) is 0. The van der Waals surface area contributed by atoms with Crippen LogP contribution in [0.25, 0.3) is 0 Å². The van der Waals surface area contributed by atoms with Crippen LogP contribution in [0.3, 0.4) is 0 Å². The number of nitrogens with one attached hydrogen (secondary N) is 1. The third-order valence-electron chi connectivity index (χ3n) is 3.11. The van der Waals surface area contributed by atoms with Crippen molar-refractivity contribution < 1.29 is 8.42 Å². The van der Waals surface area contributed by atoms with Gasteiger partial charge in [-0.25, -0.2) is 13.6 Å². The van der Waals surface area contributed by atoms with Crippen molar-refractivity contribution in [1.29, 1.82) is 0 Å². The number of primary sulfonamides is 1. The van der Waals surface area contributed by atoms with E-state index in [4.69, 9.17) is 5.14 Å². The lowest BCUT2D eigenvalue weighted by Crippen LogP contribution is -2.26. The van der Waals surface area contributed by atoms with E-state index in [1.54, 1.807) is 23.5 Å². The highest BCUT2D eigenvalue weighted by molar-refractivity contribution is 7.89. The molecule has 0 atom stereocenters. The first-order chi connectivity index (χ1) is 9.29. The highest BCUT2D eigenvalue weighted by Crippen LogP contribution is 2.27. The lowest BCUT2D eigenvalue weighted by Gasteiger charge is -2.24. The summed E-state index contributed by atoms with van der Waals surface area (Å²) in [5, 5.41) is 10.5. The van der Waals surface area contributed by atoms with Gasteiger partial charge in [0, 0.05) is 22.5 Å². The molecule has 20 heavy (non-hydrogen) atoms. The molecule has 0 saturated heterocycles. The molecule has 4 nitrogen and oxygen atoms in total. The third kappa shape index (κ3) is 3.59. The Labute approximate surface area is 123 Å². The summed E-state index contributed by atoms with van der Waals surface area (Å²) in [7, 11) is -3.62. The highest BCUT2D eigenvalue weighted by Gasteiger charge is 2.21. The molecule has 1 aromatic carbocycles. The Morgan fingerprint density at radius 1 is 1.20 bits per heavy atom. The van der Waals surface area contributed by atoms with Gasteiger partial charge in [-0.3, -0.25) is 0 Å². The summed E-state index contributed by atoms with van der Waals surface area (Å²) in [6, 6.07) is 10.6. The summed E-state index contributed by atoms with van der Waals surface area (Å²) >= 11 is 1.73. The van der Waals surface area contributed by atoms with Crippen molar-refractivity contribution in [2.24, 2.45) is 5.14 Å². The third-order valence-corrected chi connectivity index (χ3v) is 5.27. The second-order valence-electron chi connectivity index (χ2n) is 5.28. The fourth-order valence-electron chi connectivity index (χ4n) is 1.84. The van der Waals surface area contributed by atoms with Gasteiger partial charge in [-0.05, 0) is 35.7 Å². The fraction of sp³-hybridized carbons (Fsp3) is 0.286. The van der Waals surface area contributed by atoms with Crippen molar-refractivity contribution in [2.45, 2.75) is 24.2 Å². The average Bonchev–Trinajstić information content (AvgIpc) is 2.90. The van der Waals surface area contributed by atoms with E-state index in [1.807, 2.05) is 6.07 Å². The molecule has 0 bridgehead atoms. The van der Waals surface area contributed by atoms with Gasteiger partial charge in [0.15, 0.2) is 0 Å². The van der Waals surface area contributed by atoms with Crippen LogP contribution >= 0.6 is 11.3 Å². The van der Waals surface area contributed by atoms with Crippen molar-refractivity contribution in [1.82, 2.24) is 0 Å². The van der Waals surface area contributed by atoms with Crippen LogP contribution in [0.4, 0.5) is 5.69 Å². The van der Waals surface area contributed by atoms with Gasteiger partial charge >= 0.3 is 0 Å². The second-order valence-corrected chi connectivity index (χ2v) is 7.79. The zero-order valence-electron chi connectivity index (χ0n) is 11.5. The van der Waals surface area contributed by atoms with Crippen LogP contribution in [0.15, 0.2) is 46.7 Å². The Morgan fingerprint density at radius 3 is 2.35 bits per heavy atom. The zero-order chi connectivity index (χ0) is 14.8. The average molecular weight is 310 g/mol. The minimum absolute atomic E-state index is 0.0206. The molecule has 2 aromatic rings. The van der Waals surface area contributed by atoms with E-state index in [-0.39, 0.29) is 10.3 Å². The number of hydrogen-bond acceptors (Lipinski definition) is 4. The molecule has 0 unspecified atom stereocenters. The lowest BCUT2D eigenvalue weighted by molar-refractivity contribution is 0.569. The van der Waals surface area contributed by atoms with Gasteiger partial charge in [-0.2, -0.15) is 0 Å². The van der Waals surface area contributed by atoms with Gasteiger partial charge in [0.2, 0.25) is 10.0 Å². The molecule has 108 valence electrons. The first kappa shape index (κ1) is 15.0. The van der Waals surface area contributed by atoms with Crippen LogP contribution in [0.2, 0.25) is 0 Å². The number of nitrogens with two attached hydrogens (primary N) is 1. The van der Waals surface area contributed by atoms with Gasteiger partial charge in [0.05, 0.1) is 4.90 Å². The molecular weight excluding hydrogens is 292 g/mol. The number of hydrogen-bond donors (Lipinski definition) is 2. The first-order valence-electron chi connectivity index (χ1n) is 6.20. The summed E-state index contributed by atoms with van der Waals surface area (Å²) in [4.78, 5) is 1.44. The van der Waals surface area contributed by atoms with E-state index in [1.165, 1.54) is 17.0 Å². The van der Waals surface area contributed by atoms with Gasteiger partial charge in [0.1, 0.15) is 0 Å². The van der Waals surface area contributed by atoms with Crippen molar-refractivity contribution >= 4 is 27.0 Å². The Hall–Kier alpha value is -1.37. The molecule has 2 rings (SSSR count). The van der Waals surface area contributed by atoms with Crippen LogP contribution < -0.4 is 10.5 Å². The second kappa shape index (κ2) is 5.55. The van der Waals surface area contributed by atoms with Crippen LogP contribution in [0.1, 0.15) is 18.7 Å². The minimum atomic E-state index is -3.62. The van der Waals surface area contributed by atoms with Crippen LogP contribution in [0, 0.1) is 0 Å². The van der Waals surface area contributed by atoms with E-state index in [2.05, 4.69) is 30.6 Å². The Balaban J connectivity index is 2.05. The lowest BCUT2D eigenvalue weighted by atomic mass is 9.91. The molecule has 3 N–H and O–H groups in total. The maximum atomic E-state index is 11.2. The molecule has 0 spiro atoms. The summed E-state index contributed by atoms with van der Waals surface area (Å²) in [5.41, 5.74) is 0.897. The van der Waals surface area contributed by atoms with E-state index in [0.29, 0.717) is 0 Å². The van der Waals surface area contributed by atoms with Crippen LogP contribution in [0.5, 0.6) is 0 Å². The van der Waals surface area contributed by atoms with Gasteiger partial charge in [-0.1, -0.05) is 19.9 Å². The van der Waals surface area contributed by atoms with Crippen molar-refractivity contribution in [3.63, 3.8) is 0 Å². The molecule has 1 heterocycles. The van der Waals surface area contributed by atoms with Gasteiger partial charge < -0.3 is 5.32 Å². The SMILES string of the molecule is CC(C)(CNc1ccc(S(N)(=O)=O)cc1)c1cccs1. The number of benzene rings is 1. The van der Waals surface area contributed by atoms with Crippen LogP contribution in [-0.4, -0.2) is 15.0 Å². The van der Waals surface area contributed by atoms with Gasteiger partial charge in [0.25, 0.3) is 0 Å². The van der Waals surface area contributed by atoms with Crippen LogP contribution in [-0.2, 0) is 15.4 Å². The summed E-state index contributed by atoms with van der Waals surface area (Å²) < 4.78 is 22.4. The quantitative estimate of drug-likeness (QED) is 0.892. The topological polar surface area (TPSA) is 72.2 Å². The van der Waals surface area contributed by atoms with E-state index < -0.39 is 10.0 Å². The minimum Gasteiger partial charge on any atom is -0.384 e. The standard InChI is InChI=1S/C14H18N2O2S2/c1-14(2,13-4-3-9-19-13)10-16-11-5-7-12(8-6-11)20(15,17)18/h3-9,16H,10H2,1-2H3,(H2,15,17,18). The molecule has 0 aliphatic rings. The van der Waals surface area contributed by atoms with E-state index >= 15 is 0 Å². The molecule has 0 radical (unpaired) electrons. The van der Waals surface area contributed by atoms with Crippen molar-refractivity contribution in [2.75, 3.05) is 11.9 Å². The van der Waals surface area contributed by atoms with Crippen molar-refractivity contribution in [3.05, 3.63) is 46.7 Å². The predicted molar refractivity (Wildman–Crippen MR) is 83.6 cm³/mol. The first-order valence-corrected chi connectivity index (χ1v) is 8.62. The fourth-order valence-corrected chi connectivity index (χ4v) is 3.20. The zero-order valence-corrected chi connectivity index (χ0v) is 13.1. The molecule has 0 saturated carbocycles. The highest BCUT2D eigenvalue weighted by atomic mass is 32.2. The normalized spacial score (nSPS) is 12.3. The molecule has 0 fully saturated rings. The molecule has 0 aliphatic carbocycles. The molecular formula is C14H18N2O2S2. The maximum absolute atomic E-state index is 11.2. The molecule has 1 aromatic heterocycles. The Morgan fingerprint density at radius 2 is 1.85 bits per heavy atom. The summed E-state index contributed by atoms with van der Waals surface area (Å²) in [6.45, 7) is 5.11. The number of sulfonamides is 1. The van der Waals surface area contributed by atoms with E-state index in [0.717, 1.165) is 12.2 Å². The number of rotatable bonds is 5. The molecule has 6 heteroatoms. The molecule has 0 aliphatic heterocycles. The Kier molecular flexibility index (Phi) is 4.17. The molecule has 0 amide bonds. The predicted octanol–water partition coefficient (Wildman–Crippen LogP) is 2.79. The smallest absolute Gasteiger partial charge is 0.238 e. The summed E-state index contributed by atoms with van der Waals surface area (Å²) in [5.74, 6) is 0. The van der Waals surface area contributed by atoms with E-state index in [9.17, 15) is 8.42 Å². The Bertz CT molecular complexity index is 660. The largest absolute Gasteiger partial charge is 0.384 e. The van der Waals surface area contributed by atoms with Crippen molar-refractivity contribution in [3.8, 4) is 0 Å². The number of thiophene rings is 1. The monoisotopic (exact) mass is 310 g/mol. The van der Waals surface area contributed by atoms with Gasteiger partial charge in [-0.15, -0.1) is 11.3 Å². The number of anilines is 1.